The lowest BCUT2D eigenvalue weighted by Gasteiger charge is -2.24. The molecule has 5 heteroatoms. The summed E-state index contributed by atoms with van der Waals surface area (Å²) in [5.74, 6) is 0. The molecule has 0 amide bonds. The zero-order valence-corrected chi connectivity index (χ0v) is 13.5. The summed E-state index contributed by atoms with van der Waals surface area (Å²) in [6.45, 7) is 14.1. The minimum atomic E-state index is 0.0972. The molecule has 0 aromatic carbocycles. The van der Waals surface area contributed by atoms with E-state index in [0.717, 1.165) is 26.3 Å². The molecule has 0 unspecified atom stereocenters. The first-order valence-electron chi connectivity index (χ1n) is 8.11. The average Bonchev–Trinajstić information content (AvgIpc) is 2.57. The monoisotopic (exact) mass is 289 g/mol. The van der Waals surface area contributed by atoms with E-state index in [4.69, 9.17) is 15.6 Å². The second-order valence-electron chi connectivity index (χ2n) is 5.05. The molecular weight excluding hydrogens is 254 g/mol. The van der Waals surface area contributed by atoms with Gasteiger partial charge in [0.05, 0.1) is 19.8 Å². The summed E-state index contributed by atoms with van der Waals surface area (Å²) in [6, 6.07) is 0. The molecule has 0 atom stereocenters. The summed E-state index contributed by atoms with van der Waals surface area (Å²) in [4.78, 5) is 4.91. The lowest BCUT2D eigenvalue weighted by atomic mass is 10.1. The van der Waals surface area contributed by atoms with E-state index in [1.165, 1.54) is 45.4 Å². The maximum atomic E-state index is 7.75. The molecule has 2 saturated heterocycles. The molecule has 0 aliphatic carbocycles. The van der Waals surface area contributed by atoms with Crippen LogP contribution in [0.25, 0.3) is 0 Å². The summed E-state index contributed by atoms with van der Waals surface area (Å²) in [5, 5.41) is 7.75. The number of hydrogen-bond acceptors (Lipinski definition) is 5. The highest BCUT2D eigenvalue weighted by Gasteiger charge is 2.06. The van der Waals surface area contributed by atoms with Gasteiger partial charge in [0.25, 0.3) is 0 Å². The fourth-order valence-corrected chi connectivity index (χ4v) is 2.19. The van der Waals surface area contributed by atoms with Gasteiger partial charge in [0, 0.05) is 19.6 Å². The van der Waals surface area contributed by atoms with Gasteiger partial charge in [-0.3, -0.25) is 4.90 Å². The number of morpholine rings is 1. The van der Waals surface area contributed by atoms with Crippen molar-refractivity contribution < 1.29 is 9.84 Å². The van der Waals surface area contributed by atoms with Crippen LogP contribution in [0.2, 0.25) is 0 Å². The van der Waals surface area contributed by atoms with E-state index in [2.05, 4.69) is 23.6 Å². The standard InChI is InChI=1S/C7H15N.C6H13NO.C2H7NO/c1-2-8-6-4-3-5-7-8;1-2-7-3-5-8-6-4-7;3-1-2-4/h2-7H2,1H3;2-6H2,1H3;4H,1-3H2. The molecule has 2 aliphatic rings. The van der Waals surface area contributed by atoms with E-state index < -0.39 is 0 Å². The van der Waals surface area contributed by atoms with Gasteiger partial charge in [0.2, 0.25) is 0 Å². The van der Waals surface area contributed by atoms with Gasteiger partial charge >= 0.3 is 0 Å². The van der Waals surface area contributed by atoms with E-state index >= 15 is 0 Å². The number of piperidine rings is 1. The van der Waals surface area contributed by atoms with E-state index in [-0.39, 0.29) is 6.61 Å². The van der Waals surface area contributed by atoms with Crippen LogP contribution in [0, 0.1) is 0 Å². The number of likely N-dealkylation sites (tertiary alicyclic amines) is 1. The third-order valence-electron chi connectivity index (χ3n) is 3.58. The molecule has 3 N–H and O–H groups in total. The lowest BCUT2D eigenvalue weighted by molar-refractivity contribution is 0.0405. The summed E-state index contributed by atoms with van der Waals surface area (Å²) >= 11 is 0. The fourth-order valence-electron chi connectivity index (χ4n) is 2.19. The summed E-state index contributed by atoms with van der Waals surface area (Å²) in [7, 11) is 0. The van der Waals surface area contributed by atoms with Gasteiger partial charge < -0.3 is 20.5 Å². The molecule has 2 heterocycles. The Bertz CT molecular complexity index is 162. The zero-order chi connectivity index (χ0) is 15.1. The first kappa shape index (κ1) is 19.8. The first-order valence-corrected chi connectivity index (χ1v) is 8.11. The molecule has 0 saturated carbocycles. The average molecular weight is 289 g/mol. The maximum absolute atomic E-state index is 7.75. The second kappa shape index (κ2) is 15.2. The number of likely N-dealkylation sites (N-methyl/N-ethyl adjacent to an activating group) is 1. The number of rotatable bonds is 3. The Balaban J connectivity index is 0.000000289. The zero-order valence-electron chi connectivity index (χ0n) is 13.5. The Morgan fingerprint density at radius 2 is 1.35 bits per heavy atom. The fraction of sp³-hybridized carbons (Fsp3) is 1.00. The van der Waals surface area contributed by atoms with Gasteiger partial charge in [-0.2, -0.15) is 0 Å². The van der Waals surface area contributed by atoms with Crippen molar-refractivity contribution in [1.29, 1.82) is 0 Å². The molecule has 2 rings (SSSR count). The first-order chi connectivity index (χ1) is 9.78. The lowest BCUT2D eigenvalue weighted by Crippen LogP contribution is -2.35. The second-order valence-corrected chi connectivity index (χ2v) is 5.05. The molecule has 2 fully saturated rings. The van der Waals surface area contributed by atoms with E-state index in [1.807, 2.05) is 0 Å². The molecular formula is C15H35N3O2. The molecule has 5 nitrogen and oxygen atoms in total. The van der Waals surface area contributed by atoms with Gasteiger partial charge in [-0.05, 0) is 39.0 Å². The van der Waals surface area contributed by atoms with Crippen LogP contribution in [0.1, 0.15) is 33.1 Å². The van der Waals surface area contributed by atoms with Gasteiger partial charge in [0.15, 0.2) is 0 Å². The Hall–Kier alpha value is -0.200. The predicted octanol–water partition coefficient (Wildman–Crippen LogP) is 0.768. The van der Waals surface area contributed by atoms with Crippen LogP contribution in [0.3, 0.4) is 0 Å². The summed E-state index contributed by atoms with van der Waals surface area (Å²) in [5.41, 5.74) is 4.78. The van der Waals surface area contributed by atoms with Crippen LogP contribution in [0.4, 0.5) is 0 Å². The highest BCUT2D eigenvalue weighted by atomic mass is 16.5. The van der Waals surface area contributed by atoms with Crippen molar-refractivity contribution in [3.63, 3.8) is 0 Å². The Morgan fingerprint density at radius 3 is 1.65 bits per heavy atom. The third-order valence-corrected chi connectivity index (χ3v) is 3.58. The van der Waals surface area contributed by atoms with Crippen molar-refractivity contribution in [2.24, 2.45) is 5.73 Å². The van der Waals surface area contributed by atoms with Crippen LogP contribution in [0.5, 0.6) is 0 Å². The maximum Gasteiger partial charge on any atom is 0.0594 e. The Morgan fingerprint density at radius 1 is 0.900 bits per heavy atom. The number of ether oxygens (including phenoxy) is 1. The van der Waals surface area contributed by atoms with Gasteiger partial charge in [-0.25, -0.2) is 0 Å². The molecule has 0 aromatic rings. The van der Waals surface area contributed by atoms with E-state index in [1.54, 1.807) is 0 Å². The highest BCUT2D eigenvalue weighted by Crippen LogP contribution is 2.06. The molecule has 20 heavy (non-hydrogen) atoms. The minimum absolute atomic E-state index is 0.0972. The Kier molecular flexibility index (Phi) is 15.0. The third kappa shape index (κ3) is 11.6. The normalized spacial score (nSPS) is 20.4. The Labute approximate surface area is 125 Å². The number of aliphatic hydroxyl groups excluding tert-OH is 1. The number of nitrogens with two attached hydrogens (primary N) is 1. The van der Waals surface area contributed by atoms with Crippen molar-refractivity contribution in [2.75, 3.05) is 65.6 Å². The molecule has 0 bridgehead atoms. The topological polar surface area (TPSA) is 62.0 Å². The molecule has 122 valence electrons. The van der Waals surface area contributed by atoms with Crippen LogP contribution in [-0.4, -0.2) is 80.5 Å². The number of aliphatic hydroxyl groups is 1. The minimum Gasteiger partial charge on any atom is -0.395 e. The van der Waals surface area contributed by atoms with Crippen LogP contribution in [0.15, 0.2) is 0 Å². The molecule has 0 spiro atoms. The van der Waals surface area contributed by atoms with E-state index in [0.29, 0.717) is 6.54 Å². The van der Waals surface area contributed by atoms with Gasteiger partial charge in [-0.15, -0.1) is 0 Å². The molecule has 0 radical (unpaired) electrons. The van der Waals surface area contributed by atoms with Crippen molar-refractivity contribution in [3.05, 3.63) is 0 Å². The summed E-state index contributed by atoms with van der Waals surface area (Å²) < 4.78 is 5.16. The summed E-state index contributed by atoms with van der Waals surface area (Å²) in [6.07, 6.45) is 4.30. The number of hydrogen-bond donors (Lipinski definition) is 2. The number of nitrogens with zero attached hydrogens (tertiary/aromatic N) is 2. The van der Waals surface area contributed by atoms with Crippen molar-refractivity contribution >= 4 is 0 Å². The van der Waals surface area contributed by atoms with Crippen LogP contribution >= 0.6 is 0 Å². The molecule has 2 aliphatic heterocycles. The SMILES string of the molecule is CCN1CCCCC1.CCN1CCOCC1.NCCO. The van der Waals surface area contributed by atoms with Crippen molar-refractivity contribution in [3.8, 4) is 0 Å². The van der Waals surface area contributed by atoms with Crippen LogP contribution in [-0.2, 0) is 4.74 Å². The highest BCUT2D eigenvalue weighted by molar-refractivity contribution is 4.61. The van der Waals surface area contributed by atoms with Gasteiger partial charge in [0.1, 0.15) is 0 Å². The van der Waals surface area contributed by atoms with Crippen LogP contribution < -0.4 is 5.73 Å². The van der Waals surface area contributed by atoms with E-state index in [9.17, 15) is 0 Å². The quantitative estimate of drug-likeness (QED) is 0.803. The predicted molar refractivity (Wildman–Crippen MR) is 85.0 cm³/mol. The molecule has 0 aromatic heterocycles. The van der Waals surface area contributed by atoms with Crippen molar-refractivity contribution in [2.45, 2.75) is 33.1 Å². The smallest absolute Gasteiger partial charge is 0.0594 e. The van der Waals surface area contributed by atoms with Crippen molar-refractivity contribution in [1.82, 2.24) is 9.80 Å². The van der Waals surface area contributed by atoms with Gasteiger partial charge in [-0.1, -0.05) is 20.3 Å². The largest absolute Gasteiger partial charge is 0.395 e.